The maximum atomic E-state index is 9.50. The number of aliphatic hydroxyl groups is 1. The first-order valence-corrected chi connectivity index (χ1v) is 5.78. The lowest BCUT2D eigenvalue weighted by Gasteiger charge is -2.30. The van der Waals surface area contributed by atoms with Gasteiger partial charge >= 0.3 is 0 Å². The molecule has 2 fully saturated rings. The van der Waals surface area contributed by atoms with Crippen LogP contribution in [0.1, 0.15) is 33.1 Å². The van der Waals surface area contributed by atoms with E-state index in [0.29, 0.717) is 12.1 Å². The number of aliphatic hydroxyl groups excluding tert-OH is 1. The van der Waals surface area contributed by atoms with E-state index in [1.807, 2.05) is 0 Å². The van der Waals surface area contributed by atoms with E-state index in [1.54, 1.807) is 0 Å². The summed E-state index contributed by atoms with van der Waals surface area (Å²) in [6, 6.07) is 1.29. The lowest BCUT2D eigenvalue weighted by Crippen LogP contribution is -2.52. The van der Waals surface area contributed by atoms with E-state index < -0.39 is 0 Å². The summed E-state index contributed by atoms with van der Waals surface area (Å²) >= 11 is 0. The molecule has 0 amide bonds. The second-order valence-electron chi connectivity index (χ2n) is 5.17. The topological polar surface area (TPSA) is 35.5 Å². The standard InChI is InChI=1S/C11H22N2O/c1-9(2)13-6-5-11(7-13,8-14)12-10-3-4-10/h9-10,12,14H,3-8H2,1-2H3. The van der Waals surface area contributed by atoms with Crippen molar-refractivity contribution < 1.29 is 5.11 Å². The zero-order valence-corrected chi connectivity index (χ0v) is 9.29. The van der Waals surface area contributed by atoms with E-state index in [4.69, 9.17) is 0 Å². The third-order valence-corrected chi connectivity index (χ3v) is 3.50. The van der Waals surface area contributed by atoms with Gasteiger partial charge in [0.15, 0.2) is 0 Å². The van der Waals surface area contributed by atoms with Crippen LogP contribution in [0.3, 0.4) is 0 Å². The molecule has 0 bridgehead atoms. The number of hydrogen-bond donors (Lipinski definition) is 2. The minimum atomic E-state index is 0.00539. The molecule has 0 aromatic carbocycles. The van der Waals surface area contributed by atoms with Crippen molar-refractivity contribution in [2.45, 2.75) is 50.7 Å². The van der Waals surface area contributed by atoms with Crippen molar-refractivity contribution in [3.8, 4) is 0 Å². The molecule has 3 nitrogen and oxygen atoms in total. The summed E-state index contributed by atoms with van der Waals surface area (Å²) in [7, 11) is 0. The van der Waals surface area contributed by atoms with Crippen molar-refractivity contribution in [1.29, 1.82) is 0 Å². The Morgan fingerprint density at radius 3 is 2.64 bits per heavy atom. The summed E-state index contributed by atoms with van der Waals surface area (Å²) in [5.41, 5.74) is 0.00539. The first kappa shape index (κ1) is 10.4. The highest BCUT2D eigenvalue weighted by molar-refractivity contribution is 5.01. The van der Waals surface area contributed by atoms with Crippen LogP contribution in [0.2, 0.25) is 0 Å². The molecular formula is C11H22N2O. The third kappa shape index (κ3) is 2.10. The molecule has 0 spiro atoms. The van der Waals surface area contributed by atoms with Gasteiger partial charge in [-0.25, -0.2) is 0 Å². The van der Waals surface area contributed by atoms with Gasteiger partial charge < -0.3 is 10.4 Å². The van der Waals surface area contributed by atoms with Crippen molar-refractivity contribution >= 4 is 0 Å². The van der Waals surface area contributed by atoms with Crippen LogP contribution in [0, 0.1) is 0 Å². The highest BCUT2D eigenvalue weighted by Gasteiger charge is 2.41. The predicted octanol–water partition coefficient (Wildman–Crippen LogP) is 0.584. The van der Waals surface area contributed by atoms with Crippen molar-refractivity contribution in [1.82, 2.24) is 10.2 Å². The normalized spacial score (nSPS) is 34.3. The molecule has 1 unspecified atom stereocenters. The molecule has 1 saturated carbocycles. The lowest BCUT2D eigenvalue weighted by atomic mass is 10.00. The molecule has 14 heavy (non-hydrogen) atoms. The van der Waals surface area contributed by atoms with Crippen LogP contribution < -0.4 is 5.32 Å². The molecule has 1 aliphatic carbocycles. The Kier molecular flexibility index (Phi) is 2.82. The molecule has 1 saturated heterocycles. The number of likely N-dealkylation sites (tertiary alicyclic amines) is 1. The van der Waals surface area contributed by atoms with Crippen LogP contribution in [0.25, 0.3) is 0 Å². The predicted molar refractivity (Wildman–Crippen MR) is 57.3 cm³/mol. The highest BCUT2D eigenvalue weighted by atomic mass is 16.3. The number of nitrogens with one attached hydrogen (secondary N) is 1. The van der Waals surface area contributed by atoms with Gasteiger partial charge in [0, 0.05) is 25.2 Å². The molecule has 1 heterocycles. The summed E-state index contributed by atoms with van der Waals surface area (Å²) in [4.78, 5) is 2.45. The lowest BCUT2D eigenvalue weighted by molar-refractivity contribution is 0.152. The Bertz CT molecular complexity index is 203. The van der Waals surface area contributed by atoms with Crippen LogP contribution in [0.5, 0.6) is 0 Å². The molecular weight excluding hydrogens is 176 g/mol. The fourth-order valence-corrected chi connectivity index (χ4v) is 2.30. The molecule has 2 rings (SSSR count). The van der Waals surface area contributed by atoms with E-state index in [0.717, 1.165) is 19.5 Å². The largest absolute Gasteiger partial charge is 0.394 e. The van der Waals surface area contributed by atoms with E-state index in [2.05, 4.69) is 24.1 Å². The molecule has 0 aromatic heterocycles. The van der Waals surface area contributed by atoms with Crippen LogP contribution >= 0.6 is 0 Å². The Hall–Kier alpha value is -0.120. The Morgan fingerprint density at radius 2 is 2.21 bits per heavy atom. The van der Waals surface area contributed by atoms with Gasteiger partial charge in [0.05, 0.1) is 12.1 Å². The van der Waals surface area contributed by atoms with E-state index in [-0.39, 0.29) is 12.1 Å². The fourth-order valence-electron chi connectivity index (χ4n) is 2.30. The van der Waals surface area contributed by atoms with Crippen molar-refractivity contribution in [2.75, 3.05) is 19.7 Å². The van der Waals surface area contributed by atoms with E-state index in [1.165, 1.54) is 12.8 Å². The van der Waals surface area contributed by atoms with Crippen molar-refractivity contribution in [2.24, 2.45) is 0 Å². The monoisotopic (exact) mass is 198 g/mol. The van der Waals surface area contributed by atoms with Gasteiger partial charge in [-0.3, -0.25) is 4.90 Å². The molecule has 0 aromatic rings. The summed E-state index contributed by atoms with van der Waals surface area (Å²) in [5.74, 6) is 0. The minimum absolute atomic E-state index is 0.00539. The van der Waals surface area contributed by atoms with Crippen molar-refractivity contribution in [3.63, 3.8) is 0 Å². The van der Waals surface area contributed by atoms with E-state index >= 15 is 0 Å². The number of hydrogen-bond acceptors (Lipinski definition) is 3. The van der Waals surface area contributed by atoms with Crippen LogP contribution in [0.15, 0.2) is 0 Å². The van der Waals surface area contributed by atoms with Crippen LogP contribution in [-0.4, -0.2) is 47.3 Å². The molecule has 0 radical (unpaired) electrons. The highest BCUT2D eigenvalue weighted by Crippen LogP contribution is 2.28. The van der Waals surface area contributed by atoms with Gasteiger partial charge in [-0.1, -0.05) is 0 Å². The second kappa shape index (κ2) is 3.80. The first-order chi connectivity index (χ1) is 6.65. The SMILES string of the molecule is CC(C)N1CCC(CO)(NC2CC2)C1. The quantitative estimate of drug-likeness (QED) is 0.694. The fraction of sp³-hybridized carbons (Fsp3) is 1.00. The van der Waals surface area contributed by atoms with E-state index in [9.17, 15) is 5.11 Å². The number of nitrogens with zero attached hydrogens (tertiary/aromatic N) is 1. The maximum absolute atomic E-state index is 9.50. The average Bonchev–Trinajstić information content (AvgIpc) is 2.83. The molecule has 1 atom stereocenters. The summed E-state index contributed by atoms with van der Waals surface area (Å²) in [5, 5.41) is 13.1. The maximum Gasteiger partial charge on any atom is 0.0626 e. The Morgan fingerprint density at radius 1 is 1.50 bits per heavy atom. The van der Waals surface area contributed by atoms with Gasteiger partial charge in [-0.2, -0.15) is 0 Å². The smallest absolute Gasteiger partial charge is 0.0626 e. The zero-order chi connectivity index (χ0) is 10.2. The Balaban J connectivity index is 1.93. The van der Waals surface area contributed by atoms with Crippen LogP contribution in [0.4, 0.5) is 0 Å². The Labute approximate surface area is 86.5 Å². The summed E-state index contributed by atoms with van der Waals surface area (Å²) in [6.45, 7) is 6.87. The van der Waals surface area contributed by atoms with Gasteiger partial charge in [0.2, 0.25) is 0 Å². The summed E-state index contributed by atoms with van der Waals surface area (Å²) < 4.78 is 0. The molecule has 82 valence electrons. The first-order valence-electron chi connectivity index (χ1n) is 5.78. The molecule has 1 aliphatic heterocycles. The minimum Gasteiger partial charge on any atom is -0.394 e. The summed E-state index contributed by atoms with van der Waals surface area (Å²) in [6.07, 6.45) is 3.69. The van der Waals surface area contributed by atoms with Gasteiger partial charge in [0.1, 0.15) is 0 Å². The average molecular weight is 198 g/mol. The second-order valence-corrected chi connectivity index (χ2v) is 5.17. The van der Waals surface area contributed by atoms with Crippen LogP contribution in [-0.2, 0) is 0 Å². The van der Waals surface area contributed by atoms with Crippen molar-refractivity contribution in [3.05, 3.63) is 0 Å². The van der Waals surface area contributed by atoms with Gasteiger partial charge in [0.25, 0.3) is 0 Å². The molecule has 3 heteroatoms. The molecule has 2 N–H and O–H groups in total. The van der Waals surface area contributed by atoms with Gasteiger partial charge in [-0.15, -0.1) is 0 Å². The zero-order valence-electron chi connectivity index (χ0n) is 9.29. The number of rotatable bonds is 4. The molecule has 2 aliphatic rings. The third-order valence-electron chi connectivity index (χ3n) is 3.50. The van der Waals surface area contributed by atoms with Gasteiger partial charge in [-0.05, 0) is 33.1 Å².